The van der Waals surface area contributed by atoms with Gasteiger partial charge in [0.2, 0.25) is 0 Å². The first kappa shape index (κ1) is 15.8. The monoisotopic (exact) mass is 280 g/mol. The predicted molar refractivity (Wildman–Crippen MR) is 69.4 cm³/mol. The molecule has 0 saturated carbocycles. The lowest BCUT2D eigenvalue weighted by atomic mass is 10.00. The fourth-order valence-corrected chi connectivity index (χ4v) is 3.71. The summed E-state index contributed by atoms with van der Waals surface area (Å²) in [6.07, 6.45) is 1.42. The van der Waals surface area contributed by atoms with Crippen molar-refractivity contribution >= 4 is 10.2 Å². The van der Waals surface area contributed by atoms with Gasteiger partial charge in [0.15, 0.2) is 0 Å². The molecule has 0 radical (unpaired) electrons. The van der Waals surface area contributed by atoms with E-state index in [1.807, 2.05) is 0 Å². The predicted octanol–water partition coefficient (Wildman–Crippen LogP) is -0.0499. The number of rotatable bonds is 6. The van der Waals surface area contributed by atoms with E-state index in [4.69, 9.17) is 9.84 Å². The second kappa shape index (κ2) is 6.29. The Kier molecular flexibility index (Phi) is 5.54. The number of aliphatic hydroxyl groups excluding tert-OH is 1. The van der Waals surface area contributed by atoms with Gasteiger partial charge in [-0.2, -0.15) is 17.4 Å². The first-order valence-electron chi connectivity index (χ1n) is 6.19. The standard InChI is InChI=1S/C11H24N2O4S/c1-11(2,9-17-3)12-18(15,16)13-6-4-10(8-14)5-7-13/h10,12,14H,4-9H2,1-3H3. The smallest absolute Gasteiger partial charge is 0.280 e. The maximum Gasteiger partial charge on any atom is 0.280 e. The summed E-state index contributed by atoms with van der Waals surface area (Å²) in [5.74, 6) is 0.225. The summed E-state index contributed by atoms with van der Waals surface area (Å²) >= 11 is 0. The van der Waals surface area contributed by atoms with Crippen LogP contribution in [-0.4, -0.2) is 56.8 Å². The summed E-state index contributed by atoms with van der Waals surface area (Å²) in [5, 5.41) is 9.04. The molecule has 1 rings (SSSR count). The summed E-state index contributed by atoms with van der Waals surface area (Å²) in [4.78, 5) is 0. The summed E-state index contributed by atoms with van der Waals surface area (Å²) in [6, 6.07) is 0. The third kappa shape index (κ3) is 4.47. The molecule has 0 spiro atoms. The number of nitrogens with zero attached hydrogens (tertiary/aromatic N) is 1. The van der Waals surface area contributed by atoms with E-state index in [1.165, 1.54) is 4.31 Å². The Morgan fingerprint density at radius 2 is 1.94 bits per heavy atom. The van der Waals surface area contributed by atoms with Crippen LogP contribution in [0.2, 0.25) is 0 Å². The Labute approximate surface area is 109 Å². The number of piperidine rings is 1. The fourth-order valence-electron chi connectivity index (χ4n) is 2.14. The molecule has 0 amide bonds. The Balaban J connectivity index is 2.59. The highest BCUT2D eigenvalue weighted by atomic mass is 32.2. The van der Waals surface area contributed by atoms with Crippen LogP contribution >= 0.6 is 0 Å². The minimum absolute atomic E-state index is 0.135. The molecule has 0 unspecified atom stereocenters. The molecule has 2 N–H and O–H groups in total. The largest absolute Gasteiger partial charge is 0.396 e. The van der Waals surface area contributed by atoms with E-state index in [0.717, 1.165) is 0 Å². The van der Waals surface area contributed by atoms with Crippen LogP contribution in [0.5, 0.6) is 0 Å². The molecule has 0 aromatic carbocycles. The van der Waals surface area contributed by atoms with Gasteiger partial charge in [0.25, 0.3) is 10.2 Å². The van der Waals surface area contributed by atoms with Gasteiger partial charge < -0.3 is 9.84 Å². The van der Waals surface area contributed by atoms with E-state index >= 15 is 0 Å². The zero-order valence-corrected chi connectivity index (χ0v) is 12.2. The number of hydrogen-bond donors (Lipinski definition) is 2. The van der Waals surface area contributed by atoms with Crippen molar-refractivity contribution in [2.75, 3.05) is 33.4 Å². The zero-order chi connectivity index (χ0) is 13.8. The number of nitrogens with one attached hydrogen (secondary N) is 1. The molecule has 6 nitrogen and oxygen atoms in total. The molecule has 7 heteroatoms. The van der Waals surface area contributed by atoms with Crippen LogP contribution in [0, 0.1) is 5.92 Å². The van der Waals surface area contributed by atoms with Crippen molar-refractivity contribution in [2.45, 2.75) is 32.2 Å². The lowest BCUT2D eigenvalue weighted by Gasteiger charge is -2.33. The Bertz CT molecular complexity index is 348. The van der Waals surface area contributed by atoms with Gasteiger partial charge in [-0.15, -0.1) is 0 Å². The van der Waals surface area contributed by atoms with E-state index in [1.54, 1.807) is 21.0 Å². The zero-order valence-electron chi connectivity index (χ0n) is 11.3. The molecule has 1 heterocycles. The van der Waals surface area contributed by atoms with Gasteiger partial charge in [0.05, 0.1) is 12.1 Å². The molecule has 0 atom stereocenters. The molecule has 0 aromatic heterocycles. The van der Waals surface area contributed by atoms with Gasteiger partial charge in [-0.3, -0.25) is 0 Å². The molecule has 1 saturated heterocycles. The molecule has 1 fully saturated rings. The first-order chi connectivity index (χ1) is 8.30. The van der Waals surface area contributed by atoms with Gasteiger partial charge >= 0.3 is 0 Å². The highest BCUT2D eigenvalue weighted by Gasteiger charge is 2.32. The van der Waals surface area contributed by atoms with Gasteiger partial charge in [-0.05, 0) is 32.6 Å². The van der Waals surface area contributed by atoms with E-state index in [9.17, 15) is 8.42 Å². The number of aliphatic hydroxyl groups is 1. The van der Waals surface area contributed by atoms with Gasteiger partial charge in [0, 0.05) is 26.8 Å². The van der Waals surface area contributed by atoms with Crippen LogP contribution in [0.1, 0.15) is 26.7 Å². The minimum Gasteiger partial charge on any atom is -0.396 e. The van der Waals surface area contributed by atoms with Crippen molar-refractivity contribution in [3.8, 4) is 0 Å². The van der Waals surface area contributed by atoms with E-state index in [-0.39, 0.29) is 12.5 Å². The quantitative estimate of drug-likeness (QED) is 0.715. The van der Waals surface area contributed by atoms with E-state index < -0.39 is 15.7 Å². The molecule has 0 aliphatic carbocycles. The average Bonchev–Trinajstić information content (AvgIpc) is 2.27. The normalized spacial score (nSPS) is 20.2. The molecule has 18 heavy (non-hydrogen) atoms. The van der Waals surface area contributed by atoms with Gasteiger partial charge in [-0.1, -0.05) is 0 Å². The lowest BCUT2D eigenvalue weighted by molar-refractivity contribution is 0.137. The number of hydrogen-bond acceptors (Lipinski definition) is 4. The SMILES string of the molecule is COCC(C)(C)NS(=O)(=O)N1CCC(CO)CC1. The van der Waals surface area contributed by atoms with Crippen LogP contribution < -0.4 is 4.72 Å². The van der Waals surface area contributed by atoms with Crippen LogP contribution in [0.15, 0.2) is 0 Å². The van der Waals surface area contributed by atoms with Crippen molar-refractivity contribution < 1.29 is 18.3 Å². The Morgan fingerprint density at radius 3 is 2.39 bits per heavy atom. The summed E-state index contributed by atoms with van der Waals surface area (Å²) in [5.41, 5.74) is -0.624. The van der Waals surface area contributed by atoms with Crippen LogP contribution in [-0.2, 0) is 14.9 Å². The van der Waals surface area contributed by atoms with Crippen molar-refractivity contribution in [2.24, 2.45) is 5.92 Å². The number of methoxy groups -OCH3 is 1. The molecule has 1 aliphatic rings. The highest BCUT2D eigenvalue weighted by molar-refractivity contribution is 7.87. The second-order valence-corrected chi connectivity index (χ2v) is 7.12. The van der Waals surface area contributed by atoms with Gasteiger partial charge in [0.1, 0.15) is 0 Å². The number of ether oxygens (including phenoxy) is 1. The maximum absolute atomic E-state index is 12.2. The highest BCUT2D eigenvalue weighted by Crippen LogP contribution is 2.19. The van der Waals surface area contributed by atoms with Crippen molar-refractivity contribution in [1.29, 1.82) is 0 Å². The molecule has 1 aliphatic heterocycles. The van der Waals surface area contributed by atoms with Crippen molar-refractivity contribution in [3.63, 3.8) is 0 Å². The Hall–Kier alpha value is -0.210. The molecular formula is C11H24N2O4S. The van der Waals surface area contributed by atoms with Crippen molar-refractivity contribution in [1.82, 2.24) is 9.03 Å². The summed E-state index contributed by atoms with van der Waals surface area (Å²) in [7, 11) is -1.93. The van der Waals surface area contributed by atoms with Crippen LogP contribution in [0.3, 0.4) is 0 Å². The average molecular weight is 280 g/mol. The molecule has 0 bridgehead atoms. The van der Waals surface area contributed by atoms with Crippen LogP contribution in [0.4, 0.5) is 0 Å². The van der Waals surface area contributed by atoms with Crippen LogP contribution in [0.25, 0.3) is 0 Å². The van der Waals surface area contributed by atoms with Gasteiger partial charge in [-0.25, -0.2) is 0 Å². The summed E-state index contributed by atoms with van der Waals surface area (Å²) in [6.45, 7) is 4.95. The first-order valence-corrected chi connectivity index (χ1v) is 7.63. The van der Waals surface area contributed by atoms with E-state index in [2.05, 4.69) is 4.72 Å². The Morgan fingerprint density at radius 1 is 1.39 bits per heavy atom. The van der Waals surface area contributed by atoms with E-state index in [0.29, 0.717) is 32.5 Å². The third-order valence-electron chi connectivity index (χ3n) is 3.08. The molecule has 108 valence electrons. The minimum atomic E-state index is -3.47. The fraction of sp³-hybridized carbons (Fsp3) is 1.00. The lowest BCUT2D eigenvalue weighted by Crippen LogP contribution is -2.54. The molecular weight excluding hydrogens is 256 g/mol. The summed E-state index contributed by atoms with van der Waals surface area (Å²) < 4.78 is 33.4. The van der Waals surface area contributed by atoms with Crippen molar-refractivity contribution in [3.05, 3.63) is 0 Å². The third-order valence-corrected chi connectivity index (χ3v) is 4.94. The topological polar surface area (TPSA) is 78.9 Å². The maximum atomic E-state index is 12.2. The molecule has 0 aromatic rings. The second-order valence-electron chi connectivity index (χ2n) is 5.45.